The Labute approximate surface area is 195 Å². The van der Waals surface area contributed by atoms with Crippen molar-refractivity contribution in [3.8, 4) is 0 Å². The highest BCUT2D eigenvalue weighted by Gasteiger charge is 2.19. The van der Waals surface area contributed by atoms with Crippen molar-refractivity contribution in [3.05, 3.63) is 69.4 Å². The number of fused-ring (bicyclic) bond motifs is 2. The number of pyridine rings is 1. The minimum atomic E-state index is -3.52. The molecule has 0 amide bonds. The van der Waals surface area contributed by atoms with Gasteiger partial charge in [-0.1, -0.05) is 23.7 Å². The topological polar surface area (TPSA) is 136 Å². The zero-order valence-electron chi connectivity index (χ0n) is 18.1. The summed E-state index contributed by atoms with van der Waals surface area (Å²) in [7, 11) is -2.17. The van der Waals surface area contributed by atoms with E-state index in [0.29, 0.717) is 39.5 Å². The minimum Gasteiger partial charge on any atom is -0.382 e. The van der Waals surface area contributed by atoms with Gasteiger partial charge in [0.1, 0.15) is 0 Å². The van der Waals surface area contributed by atoms with Gasteiger partial charge in [-0.25, -0.2) is 22.6 Å². The molecule has 3 heterocycles. The van der Waals surface area contributed by atoms with Gasteiger partial charge < -0.3 is 15.6 Å². The number of anilines is 1. The summed E-state index contributed by atoms with van der Waals surface area (Å²) in [5.41, 5.74) is 7.74. The first kappa shape index (κ1) is 23.2. The Morgan fingerprint density at radius 1 is 1.27 bits per heavy atom. The van der Waals surface area contributed by atoms with Gasteiger partial charge in [-0.05, 0) is 37.6 Å². The first-order chi connectivity index (χ1) is 15.7. The number of hydrogen-bond acceptors (Lipinski definition) is 7. The van der Waals surface area contributed by atoms with Crippen LogP contribution in [0.1, 0.15) is 24.2 Å². The van der Waals surface area contributed by atoms with E-state index >= 15 is 0 Å². The number of nitrogens with zero attached hydrogens (tertiary/aromatic N) is 4. The monoisotopic (exact) mass is 489 g/mol. The number of halogens is 1. The first-order valence-electron chi connectivity index (χ1n) is 10.3. The second kappa shape index (κ2) is 9.10. The maximum atomic E-state index is 13.3. The van der Waals surface area contributed by atoms with Crippen molar-refractivity contribution in [3.63, 3.8) is 0 Å². The normalized spacial score (nSPS) is 13.1. The number of nitrogens with one attached hydrogen (secondary N) is 2. The number of hydrogen-bond donors (Lipinski definition) is 3. The molecule has 4 N–H and O–H groups in total. The Morgan fingerprint density at radius 3 is 2.82 bits per heavy atom. The lowest BCUT2D eigenvalue weighted by molar-refractivity contribution is 0.520. The average molecular weight is 490 g/mol. The smallest absolute Gasteiger partial charge is 0.260 e. The third kappa shape index (κ3) is 4.58. The van der Waals surface area contributed by atoms with Crippen LogP contribution >= 0.6 is 11.6 Å². The van der Waals surface area contributed by atoms with Crippen molar-refractivity contribution >= 4 is 43.9 Å². The Morgan fingerprint density at radius 2 is 2.06 bits per heavy atom. The SMILES string of the molecule is CNS(=O)(=O)CCn1c(C(C)NCc2c(N)nn3cccnc23)cc2cccc(Cl)c2c1=O. The van der Waals surface area contributed by atoms with Crippen molar-refractivity contribution in [2.45, 2.75) is 26.1 Å². The summed E-state index contributed by atoms with van der Waals surface area (Å²) in [4.78, 5) is 17.7. The number of rotatable bonds is 8. The van der Waals surface area contributed by atoms with E-state index in [1.807, 2.05) is 13.0 Å². The fourth-order valence-corrected chi connectivity index (χ4v) is 4.65. The number of benzene rings is 1. The van der Waals surface area contributed by atoms with Crippen molar-refractivity contribution in [1.29, 1.82) is 0 Å². The lowest BCUT2D eigenvalue weighted by atomic mass is 10.1. The molecule has 0 spiro atoms. The van der Waals surface area contributed by atoms with E-state index in [9.17, 15) is 13.2 Å². The fraction of sp³-hybridized carbons (Fsp3) is 0.286. The molecule has 0 saturated heterocycles. The lowest BCUT2D eigenvalue weighted by Gasteiger charge is -2.21. The summed E-state index contributed by atoms with van der Waals surface area (Å²) in [5.74, 6) is 0.112. The van der Waals surface area contributed by atoms with Crippen molar-refractivity contribution in [2.75, 3.05) is 18.5 Å². The Balaban J connectivity index is 1.72. The molecule has 0 aliphatic rings. The maximum absolute atomic E-state index is 13.3. The number of nitrogens with two attached hydrogens (primary N) is 1. The van der Waals surface area contributed by atoms with Gasteiger partial charge in [0.15, 0.2) is 11.5 Å². The molecule has 0 radical (unpaired) electrons. The van der Waals surface area contributed by atoms with Crippen molar-refractivity contribution in [2.24, 2.45) is 0 Å². The van der Waals surface area contributed by atoms with E-state index in [0.717, 1.165) is 5.56 Å². The summed E-state index contributed by atoms with van der Waals surface area (Å²) in [6.45, 7) is 2.22. The van der Waals surface area contributed by atoms with Gasteiger partial charge >= 0.3 is 0 Å². The largest absolute Gasteiger partial charge is 0.382 e. The van der Waals surface area contributed by atoms with Crippen molar-refractivity contribution in [1.82, 2.24) is 29.2 Å². The fourth-order valence-electron chi connectivity index (χ4n) is 3.76. The third-order valence-corrected chi connectivity index (χ3v) is 7.22. The summed E-state index contributed by atoms with van der Waals surface area (Å²) in [5, 5.41) is 8.98. The van der Waals surface area contributed by atoms with Gasteiger partial charge in [-0.2, -0.15) is 0 Å². The Hall–Kier alpha value is -2.99. The summed E-state index contributed by atoms with van der Waals surface area (Å²) in [6.07, 6.45) is 3.43. The van der Waals surface area contributed by atoms with Crippen LogP contribution in [0.4, 0.5) is 5.82 Å². The molecule has 0 saturated carbocycles. The molecule has 0 aliphatic heterocycles. The van der Waals surface area contributed by atoms with E-state index in [1.165, 1.54) is 11.6 Å². The maximum Gasteiger partial charge on any atom is 0.260 e. The van der Waals surface area contributed by atoms with Gasteiger partial charge in [-0.15, -0.1) is 5.10 Å². The molecule has 33 heavy (non-hydrogen) atoms. The van der Waals surface area contributed by atoms with E-state index in [2.05, 4.69) is 20.1 Å². The van der Waals surface area contributed by atoms with Crippen LogP contribution in [0.5, 0.6) is 0 Å². The van der Waals surface area contributed by atoms with Gasteiger partial charge in [0.25, 0.3) is 5.56 Å². The molecule has 1 atom stereocenters. The van der Waals surface area contributed by atoms with E-state index < -0.39 is 10.0 Å². The van der Waals surface area contributed by atoms with Crippen LogP contribution < -0.4 is 21.3 Å². The van der Waals surface area contributed by atoms with Gasteiger partial charge in [0.05, 0.1) is 21.7 Å². The first-order valence-corrected chi connectivity index (χ1v) is 12.3. The van der Waals surface area contributed by atoms with Crippen LogP contribution in [0.25, 0.3) is 16.4 Å². The third-order valence-electron chi connectivity index (χ3n) is 5.56. The van der Waals surface area contributed by atoms with E-state index in [4.69, 9.17) is 17.3 Å². The molecular formula is C21H24ClN7O3S. The van der Waals surface area contributed by atoms with Crippen LogP contribution in [0.15, 0.2) is 47.5 Å². The van der Waals surface area contributed by atoms with Gasteiger partial charge in [0, 0.05) is 37.2 Å². The quantitative estimate of drug-likeness (QED) is 0.342. The lowest BCUT2D eigenvalue weighted by Crippen LogP contribution is -2.33. The molecule has 10 nitrogen and oxygen atoms in total. The van der Waals surface area contributed by atoms with Crippen molar-refractivity contribution < 1.29 is 8.42 Å². The zero-order valence-corrected chi connectivity index (χ0v) is 19.7. The zero-order chi connectivity index (χ0) is 23.8. The molecule has 0 aliphatic carbocycles. The molecule has 12 heteroatoms. The van der Waals surface area contributed by atoms with Crippen LogP contribution in [0.3, 0.4) is 0 Å². The molecule has 174 valence electrons. The number of nitrogen functional groups attached to an aromatic ring is 1. The summed E-state index contributed by atoms with van der Waals surface area (Å²) < 4.78 is 29.4. The molecule has 4 aromatic rings. The average Bonchev–Trinajstić information content (AvgIpc) is 3.11. The molecular weight excluding hydrogens is 466 g/mol. The molecule has 0 fully saturated rings. The Kier molecular flexibility index (Phi) is 6.39. The second-order valence-corrected chi connectivity index (χ2v) is 10.1. The number of sulfonamides is 1. The van der Waals surface area contributed by atoms with E-state index in [1.54, 1.807) is 41.2 Å². The predicted molar refractivity (Wildman–Crippen MR) is 129 cm³/mol. The molecule has 1 aromatic carbocycles. The molecule has 1 unspecified atom stereocenters. The minimum absolute atomic E-state index is 0.0229. The van der Waals surface area contributed by atoms with Crippen LogP contribution in [-0.2, 0) is 23.1 Å². The number of aromatic nitrogens is 4. The standard InChI is InChI=1S/C21H24ClN7O3S/c1-13(26-12-15-19(23)27-29-8-4-7-25-20(15)29)17-11-14-5-3-6-16(22)18(14)21(30)28(17)9-10-33(31,32)24-2/h3-8,11,13,24,26H,9-10,12H2,1-2H3,(H2,23,27). The van der Waals surface area contributed by atoms with Crippen LogP contribution in [0, 0.1) is 0 Å². The molecule has 4 rings (SSSR count). The second-order valence-electron chi connectivity index (χ2n) is 7.61. The highest BCUT2D eigenvalue weighted by atomic mass is 35.5. The van der Waals surface area contributed by atoms with Crippen LogP contribution in [0.2, 0.25) is 5.02 Å². The highest BCUT2D eigenvalue weighted by molar-refractivity contribution is 7.89. The Bertz CT molecular complexity index is 1500. The summed E-state index contributed by atoms with van der Waals surface area (Å²) >= 11 is 6.30. The van der Waals surface area contributed by atoms with Gasteiger partial charge in [0.2, 0.25) is 10.0 Å². The van der Waals surface area contributed by atoms with E-state index in [-0.39, 0.29) is 23.9 Å². The van der Waals surface area contributed by atoms with Gasteiger partial charge in [-0.3, -0.25) is 4.79 Å². The summed E-state index contributed by atoms with van der Waals surface area (Å²) in [6, 6.07) is 8.51. The van der Waals surface area contributed by atoms with Crippen LogP contribution in [-0.4, -0.2) is 40.4 Å². The predicted octanol–water partition coefficient (Wildman–Crippen LogP) is 1.68. The molecule has 0 bridgehead atoms. The molecule has 3 aromatic heterocycles. The highest BCUT2D eigenvalue weighted by Crippen LogP contribution is 2.24.